The summed E-state index contributed by atoms with van der Waals surface area (Å²) in [4.78, 5) is 10.2. The van der Waals surface area contributed by atoms with Crippen molar-refractivity contribution in [1.29, 1.82) is 5.26 Å². The molecule has 102 valence electrons. The lowest BCUT2D eigenvalue weighted by atomic mass is 10.1. The van der Waals surface area contributed by atoms with Gasteiger partial charge in [0.25, 0.3) is 5.69 Å². The highest BCUT2D eigenvalue weighted by atomic mass is 32.2. The van der Waals surface area contributed by atoms with Crippen LogP contribution in [0.25, 0.3) is 0 Å². The smallest absolute Gasteiger partial charge is 0.258 e. The van der Waals surface area contributed by atoms with Crippen molar-refractivity contribution in [2.75, 3.05) is 6.54 Å². The molecule has 1 N–H and O–H groups in total. The number of nitrogens with zero attached hydrogens (tertiary/aromatic N) is 2. The Hall–Kier alpha value is -1.98. The highest BCUT2D eigenvalue weighted by Gasteiger charge is 2.27. The van der Waals surface area contributed by atoms with Gasteiger partial charge < -0.3 is 0 Å². The average Bonchev–Trinajstić information content (AvgIpc) is 2.24. The summed E-state index contributed by atoms with van der Waals surface area (Å²) < 4.78 is 26.1. The second kappa shape index (κ2) is 5.34. The molecule has 0 radical (unpaired) electrons. The lowest BCUT2D eigenvalue weighted by Crippen LogP contribution is -2.26. The molecule has 1 rings (SSSR count). The molecule has 8 heteroatoms. The molecule has 0 aliphatic rings. The Bertz CT molecular complexity index is 674. The summed E-state index contributed by atoms with van der Waals surface area (Å²) in [5.74, 6) is 0. The maximum absolute atomic E-state index is 12.0. The Morgan fingerprint density at radius 1 is 1.37 bits per heavy atom. The van der Waals surface area contributed by atoms with Crippen LogP contribution in [-0.4, -0.2) is 19.9 Å². The van der Waals surface area contributed by atoms with Crippen molar-refractivity contribution in [1.82, 2.24) is 4.72 Å². The van der Waals surface area contributed by atoms with E-state index in [0.717, 1.165) is 0 Å². The van der Waals surface area contributed by atoms with Crippen molar-refractivity contribution in [3.05, 3.63) is 32.9 Å². The topological polar surface area (TPSA) is 113 Å². The quantitative estimate of drug-likeness (QED) is 0.508. The van der Waals surface area contributed by atoms with Crippen molar-refractivity contribution in [3.63, 3.8) is 0 Å². The van der Waals surface area contributed by atoms with Gasteiger partial charge in [0.05, 0.1) is 22.4 Å². The SMILES string of the molecule is Cc1cc(C)c(S(=O)(=O)NCC#N)c(C)c1[N+](=O)[O-]. The maximum Gasteiger partial charge on any atom is 0.276 e. The van der Waals surface area contributed by atoms with Gasteiger partial charge in [0.1, 0.15) is 0 Å². The van der Waals surface area contributed by atoms with Crippen LogP contribution in [0.15, 0.2) is 11.0 Å². The predicted molar refractivity (Wildman–Crippen MR) is 68.1 cm³/mol. The Balaban J connectivity index is 3.58. The van der Waals surface area contributed by atoms with E-state index in [1.807, 2.05) is 0 Å². The van der Waals surface area contributed by atoms with E-state index in [1.54, 1.807) is 19.9 Å². The molecule has 1 aromatic carbocycles. The molecule has 0 saturated carbocycles. The molecule has 0 atom stereocenters. The van der Waals surface area contributed by atoms with Crippen LogP contribution in [0.2, 0.25) is 0 Å². The predicted octanol–water partition coefficient (Wildman–Crippen LogP) is 1.32. The van der Waals surface area contributed by atoms with E-state index in [4.69, 9.17) is 5.26 Å². The summed E-state index contributed by atoms with van der Waals surface area (Å²) in [5.41, 5.74) is 0.668. The molecule has 0 saturated heterocycles. The maximum atomic E-state index is 12.0. The largest absolute Gasteiger partial charge is 0.276 e. The summed E-state index contributed by atoms with van der Waals surface area (Å²) in [6.07, 6.45) is 0. The first-order valence-corrected chi connectivity index (χ1v) is 6.82. The van der Waals surface area contributed by atoms with E-state index < -0.39 is 14.9 Å². The first kappa shape index (κ1) is 15.1. The lowest BCUT2D eigenvalue weighted by molar-refractivity contribution is -0.386. The minimum atomic E-state index is -3.93. The molecule has 19 heavy (non-hydrogen) atoms. The minimum Gasteiger partial charge on any atom is -0.258 e. The van der Waals surface area contributed by atoms with Crippen LogP contribution in [-0.2, 0) is 10.0 Å². The molecule has 0 spiro atoms. The Morgan fingerprint density at radius 3 is 2.42 bits per heavy atom. The molecular weight excluding hydrogens is 270 g/mol. The van der Waals surface area contributed by atoms with Crippen molar-refractivity contribution in [3.8, 4) is 6.07 Å². The van der Waals surface area contributed by atoms with Crippen LogP contribution in [0.3, 0.4) is 0 Å². The third-order valence-electron chi connectivity index (χ3n) is 2.65. The van der Waals surface area contributed by atoms with Crippen LogP contribution in [0.5, 0.6) is 0 Å². The van der Waals surface area contributed by atoms with Gasteiger partial charge in [-0.15, -0.1) is 0 Å². The molecule has 7 nitrogen and oxygen atoms in total. The van der Waals surface area contributed by atoms with Crippen LogP contribution >= 0.6 is 0 Å². The van der Waals surface area contributed by atoms with Crippen LogP contribution in [0.4, 0.5) is 5.69 Å². The molecule has 0 heterocycles. The Kier molecular flexibility index (Phi) is 4.24. The zero-order valence-electron chi connectivity index (χ0n) is 10.7. The molecule has 0 bridgehead atoms. The minimum absolute atomic E-state index is 0.0768. The third-order valence-corrected chi connectivity index (χ3v) is 4.34. The first-order chi connectivity index (χ1) is 8.72. The number of hydrogen-bond acceptors (Lipinski definition) is 5. The van der Waals surface area contributed by atoms with Crippen LogP contribution in [0.1, 0.15) is 16.7 Å². The van der Waals surface area contributed by atoms with Gasteiger partial charge in [-0.2, -0.15) is 9.98 Å². The van der Waals surface area contributed by atoms with Gasteiger partial charge in [0.15, 0.2) is 0 Å². The number of nitro groups is 1. The van der Waals surface area contributed by atoms with Crippen molar-refractivity contribution >= 4 is 15.7 Å². The number of benzene rings is 1. The van der Waals surface area contributed by atoms with E-state index >= 15 is 0 Å². The normalized spacial score (nSPS) is 11.1. The zero-order chi connectivity index (χ0) is 14.8. The van der Waals surface area contributed by atoms with E-state index in [2.05, 4.69) is 4.72 Å². The standard InChI is InChI=1S/C11H13N3O4S/c1-7-6-8(2)11(9(3)10(7)14(15)16)19(17,18)13-5-4-12/h6,13H,5H2,1-3H3. The molecule has 0 aliphatic carbocycles. The summed E-state index contributed by atoms with van der Waals surface area (Å²) in [5, 5.41) is 19.4. The molecule has 0 unspecified atom stereocenters. The highest BCUT2D eigenvalue weighted by Crippen LogP contribution is 2.31. The second-order valence-corrected chi connectivity index (χ2v) is 5.76. The first-order valence-electron chi connectivity index (χ1n) is 5.34. The van der Waals surface area contributed by atoms with Crippen molar-refractivity contribution in [2.45, 2.75) is 25.7 Å². The number of aryl methyl sites for hydroxylation is 2. The fraction of sp³-hybridized carbons (Fsp3) is 0.364. The molecule has 0 fully saturated rings. The lowest BCUT2D eigenvalue weighted by Gasteiger charge is -2.12. The Labute approximate surface area is 111 Å². The number of nitro benzene ring substituents is 1. The average molecular weight is 283 g/mol. The third kappa shape index (κ3) is 2.89. The summed E-state index contributed by atoms with van der Waals surface area (Å²) in [6.45, 7) is 4.11. The molecule has 0 amide bonds. The van der Waals surface area contributed by atoms with Crippen LogP contribution in [0, 0.1) is 42.2 Å². The van der Waals surface area contributed by atoms with Crippen molar-refractivity contribution in [2.24, 2.45) is 0 Å². The van der Waals surface area contributed by atoms with Gasteiger partial charge in [-0.1, -0.05) is 0 Å². The van der Waals surface area contributed by atoms with Crippen LogP contribution < -0.4 is 4.72 Å². The number of nitrogens with one attached hydrogen (secondary N) is 1. The highest BCUT2D eigenvalue weighted by molar-refractivity contribution is 7.89. The summed E-state index contributed by atoms with van der Waals surface area (Å²) in [6, 6.07) is 3.11. The fourth-order valence-corrected chi connectivity index (χ4v) is 3.43. The fourth-order valence-electron chi connectivity index (χ4n) is 2.05. The Morgan fingerprint density at radius 2 is 1.95 bits per heavy atom. The van der Waals surface area contributed by atoms with Gasteiger partial charge in [-0.05, 0) is 32.4 Å². The van der Waals surface area contributed by atoms with Gasteiger partial charge in [0, 0.05) is 11.1 Å². The van der Waals surface area contributed by atoms with Gasteiger partial charge >= 0.3 is 0 Å². The van der Waals surface area contributed by atoms with Crippen molar-refractivity contribution < 1.29 is 13.3 Å². The molecule has 0 aliphatic heterocycles. The monoisotopic (exact) mass is 283 g/mol. The van der Waals surface area contributed by atoms with E-state index in [-0.39, 0.29) is 22.7 Å². The van der Waals surface area contributed by atoms with Gasteiger partial charge in [-0.3, -0.25) is 10.1 Å². The number of nitriles is 1. The molecular formula is C11H13N3O4S. The summed E-state index contributed by atoms with van der Waals surface area (Å²) in [7, 11) is -3.93. The second-order valence-electron chi connectivity index (χ2n) is 4.05. The summed E-state index contributed by atoms with van der Waals surface area (Å²) >= 11 is 0. The number of rotatable bonds is 4. The molecule has 0 aromatic heterocycles. The molecule has 1 aromatic rings. The van der Waals surface area contributed by atoms with Gasteiger partial charge in [-0.25, -0.2) is 8.42 Å². The number of hydrogen-bond donors (Lipinski definition) is 1. The number of sulfonamides is 1. The van der Waals surface area contributed by atoms with E-state index in [0.29, 0.717) is 11.1 Å². The van der Waals surface area contributed by atoms with E-state index in [1.165, 1.54) is 13.0 Å². The zero-order valence-corrected chi connectivity index (χ0v) is 11.5. The van der Waals surface area contributed by atoms with E-state index in [9.17, 15) is 18.5 Å². The van der Waals surface area contributed by atoms with Gasteiger partial charge in [0.2, 0.25) is 10.0 Å².